The smallest absolute Gasteiger partial charge is 0.261 e. The molecule has 188 valence electrons. The first-order valence-corrected chi connectivity index (χ1v) is 13.8. The number of carbonyl (C=O) groups excluding carboxylic acids is 1. The summed E-state index contributed by atoms with van der Waals surface area (Å²) < 4.78 is 17.9. The van der Waals surface area contributed by atoms with Gasteiger partial charge in [0, 0.05) is 11.5 Å². The van der Waals surface area contributed by atoms with E-state index in [1.165, 1.54) is 0 Å². The molecule has 3 aromatic rings. The number of rotatable bonds is 12. The molecule has 0 radical (unpaired) electrons. The van der Waals surface area contributed by atoms with Crippen molar-refractivity contribution in [2.24, 2.45) is 5.11 Å². The Morgan fingerprint density at radius 3 is 1.94 bits per heavy atom. The van der Waals surface area contributed by atoms with Gasteiger partial charge in [-0.25, -0.2) is 0 Å². The van der Waals surface area contributed by atoms with E-state index in [1.807, 2.05) is 60.7 Å². The molecule has 0 aromatic heterocycles. The average molecular weight is 504 g/mol. The lowest BCUT2D eigenvalue weighted by atomic mass is 10.2. The van der Waals surface area contributed by atoms with Crippen LogP contribution in [0.4, 0.5) is 0 Å². The van der Waals surface area contributed by atoms with Crippen LogP contribution in [0.25, 0.3) is 10.4 Å². The fraction of sp³-hybridized carbons (Fsp3) is 0.321. The van der Waals surface area contributed by atoms with Gasteiger partial charge in [-0.1, -0.05) is 98.7 Å². The minimum Gasteiger partial charge on any atom is -0.497 e. The molecule has 3 rings (SSSR count). The molecular weight excluding hydrogens is 470 g/mol. The molecule has 0 fully saturated rings. The van der Waals surface area contributed by atoms with E-state index in [4.69, 9.17) is 13.9 Å². The number of azide groups is 1. The summed E-state index contributed by atoms with van der Waals surface area (Å²) in [4.78, 5) is 15.0. The van der Waals surface area contributed by atoms with Gasteiger partial charge in [0.1, 0.15) is 18.1 Å². The Morgan fingerprint density at radius 2 is 1.50 bits per heavy atom. The molecule has 36 heavy (non-hydrogen) atoms. The first-order valence-electron chi connectivity index (χ1n) is 11.8. The normalized spacial score (nSPS) is 13.3. The third kappa shape index (κ3) is 6.22. The standard InChI is InChI=1S/C28H33N3O4Si/c1-28(2,3)36(24-11-7-5-8-12-24,25-13-9-6-10-14-25)35-21-26(30-31-29)27(19-32)34-20-22-15-17-23(33-4)18-16-22/h5-19,26-27H,20-21H2,1-4H3/t26-,27+/m0/s1. The molecule has 8 heteroatoms. The van der Waals surface area contributed by atoms with Crippen molar-refractivity contribution in [3.05, 3.63) is 101 Å². The van der Waals surface area contributed by atoms with Crippen LogP contribution in [0.3, 0.4) is 0 Å². The zero-order chi connectivity index (χ0) is 26.0. The molecule has 0 spiro atoms. The maximum Gasteiger partial charge on any atom is 0.261 e. The number of hydrogen-bond donors (Lipinski definition) is 0. The molecular formula is C28H33N3O4Si. The van der Waals surface area contributed by atoms with Crippen LogP contribution in [0.2, 0.25) is 5.04 Å². The molecule has 0 aliphatic heterocycles. The Morgan fingerprint density at radius 1 is 0.944 bits per heavy atom. The van der Waals surface area contributed by atoms with Gasteiger partial charge in [-0.3, -0.25) is 0 Å². The quantitative estimate of drug-likeness (QED) is 0.114. The van der Waals surface area contributed by atoms with Crippen molar-refractivity contribution < 1.29 is 18.7 Å². The van der Waals surface area contributed by atoms with Gasteiger partial charge in [0.15, 0.2) is 0 Å². The molecule has 0 saturated carbocycles. The number of carbonyl (C=O) groups is 1. The minimum atomic E-state index is -2.87. The van der Waals surface area contributed by atoms with E-state index in [1.54, 1.807) is 7.11 Å². The minimum absolute atomic E-state index is 0.0450. The lowest BCUT2D eigenvalue weighted by molar-refractivity contribution is -0.120. The highest BCUT2D eigenvalue weighted by Gasteiger charge is 2.50. The maximum atomic E-state index is 12.0. The summed E-state index contributed by atoms with van der Waals surface area (Å²) in [5, 5.41) is 5.86. The van der Waals surface area contributed by atoms with Crippen LogP contribution in [0.1, 0.15) is 26.3 Å². The van der Waals surface area contributed by atoms with Gasteiger partial charge < -0.3 is 18.7 Å². The Labute approximate surface area is 213 Å². The summed E-state index contributed by atoms with van der Waals surface area (Å²) in [6.07, 6.45) is -0.279. The van der Waals surface area contributed by atoms with E-state index in [0.717, 1.165) is 21.7 Å². The van der Waals surface area contributed by atoms with Crippen LogP contribution in [-0.2, 0) is 20.6 Å². The summed E-state index contributed by atoms with van der Waals surface area (Å²) in [6, 6.07) is 26.9. The van der Waals surface area contributed by atoms with Crippen molar-refractivity contribution in [3.8, 4) is 5.75 Å². The van der Waals surface area contributed by atoms with E-state index in [-0.39, 0.29) is 18.3 Å². The lowest BCUT2D eigenvalue weighted by Gasteiger charge is -2.43. The Balaban J connectivity index is 1.90. The summed E-state index contributed by atoms with van der Waals surface area (Å²) in [5.74, 6) is 0.733. The lowest BCUT2D eigenvalue weighted by Crippen LogP contribution is -2.67. The third-order valence-corrected chi connectivity index (χ3v) is 11.2. The Bertz CT molecular complexity index is 1110. The van der Waals surface area contributed by atoms with Crippen molar-refractivity contribution in [1.29, 1.82) is 0 Å². The van der Waals surface area contributed by atoms with Crippen molar-refractivity contribution in [2.45, 2.75) is 44.6 Å². The number of hydrogen-bond acceptors (Lipinski definition) is 5. The molecule has 3 aromatic carbocycles. The van der Waals surface area contributed by atoms with Gasteiger partial charge in [0.25, 0.3) is 8.32 Å². The number of ether oxygens (including phenoxy) is 2. The first kappa shape index (κ1) is 27.2. The highest BCUT2D eigenvalue weighted by atomic mass is 28.4. The maximum absolute atomic E-state index is 12.0. The molecule has 2 atom stereocenters. The predicted molar refractivity (Wildman–Crippen MR) is 144 cm³/mol. The van der Waals surface area contributed by atoms with Gasteiger partial charge in [-0.2, -0.15) is 0 Å². The second-order valence-corrected chi connectivity index (χ2v) is 13.8. The molecule has 0 N–H and O–H groups in total. The summed E-state index contributed by atoms with van der Waals surface area (Å²) in [6.45, 7) is 6.73. The number of nitrogens with zero attached hydrogens (tertiary/aromatic N) is 3. The second kappa shape index (κ2) is 12.5. The summed E-state index contributed by atoms with van der Waals surface area (Å²) in [5.41, 5.74) is 10.1. The second-order valence-electron chi connectivity index (χ2n) is 9.51. The Hall–Kier alpha value is -3.42. The van der Waals surface area contributed by atoms with Crippen LogP contribution < -0.4 is 15.1 Å². The molecule has 7 nitrogen and oxygen atoms in total. The van der Waals surface area contributed by atoms with E-state index >= 15 is 0 Å². The van der Waals surface area contributed by atoms with Crippen molar-refractivity contribution in [3.63, 3.8) is 0 Å². The largest absolute Gasteiger partial charge is 0.497 e. The van der Waals surface area contributed by atoms with Gasteiger partial charge >= 0.3 is 0 Å². The van der Waals surface area contributed by atoms with Crippen molar-refractivity contribution in [1.82, 2.24) is 0 Å². The SMILES string of the molecule is COc1ccc(CO[C@H](C=O)[C@H](CO[Si](c2ccccc2)(c2ccccc2)C(C)(C)C)N=[N+]=[N-])cc1. The molecule has 0 saturated heterocycles. The van der Waals surface area contributed by atoms with E-state index < -0.39 is 20.5 Å². The first-order chi connectivity index (χ1) is 17.4. The fourth-order valence-electron chi connectivity index (χ4n) is 4.39. The molecule has 0 unspecified atom stereocenters. The molecule has 0 amide bonds. The topological polar surface area (TPSA) is 93.5 Å². The zero-order valence-corrected chi connectivity index (χ0v) is 22.2. The van der Waals surface area contributed by atoms with Crippen LogP contribution >= 0.6 is 0 Å². The number of benzene rings is 3. The average Bonchev–Trinajstić information content (AvgIpc) is 2.90. The van der Waals surface area contributed by atoms with Gasteiger partial charge in [-0.05, 0) is 38.6 Å². The van der Waals surface area contributed by atoms with Gasteiger partial charge in [0.05, 0.1) is 19.8 Å². The van der Waals surface area contributed by atoms with E-state index in [9.17, 15) is 10.3 Å². The van der Waals surface area contributed by atoms with E-state index in [0.29, 0.717) is 6.29 Å². The van der Waals surface area contributed by atoms with Crippen molar-refractivity contribution >= 4 is 25.0 Å². The highest BCUT2D eigenvalue weighted by molar-refractivity contribution is 6.99. The van der Waals surface area contributed by atoms with Crippen molar-refractivity contribution in [2.75, 3.05) is 13.7 Å². The van der Waals surface area contributed by atoms with Gasteiger partial charge in [-0.15, -0.1) is 0 Å². The summed E-state index contributed by atoms with van der Waals surface area (Å²) in [7, 11) is -1.26. The number of methoxy groups -OCH3 is 1. The molecule has 0 aliphatic rings. The van der Waals surface area contributed by atoms with Crippen LogP contribution in [0, 0.1) is 0 Å². The van der Waals surface area contributed by atoms with Crippen LogP contribution in [0.15, 0.2) is 90.0 Å². The monoisotopic (exact) mass is 503 g/mol. The van der Waals surface area contributed by atoms with E-state index in [2.05, 4.69) is 55.1 Å². The predicted octanol–water partition coefficient (Wildman–Crippen LogP) is 5.03. The van der Waals surface area contributed by atoms with Gasteiger partial charge in [0.2, 0.25) is 0 Å². The molecule has 0 aliphatic carbocycles. The molecule has 0 bridgehead atoms. The zero-order valence-electron chi connectivity index (χ0n) is 21.2. The Kier molecular flexibility index (Phi) is 9.44. The highest BCUT2D eigenvalue weighted by Crippen LogP contribution is 2.37. The third-order valence-electron chi connectivity index (χ3n) is 6.20. The number of aldehydes is 1. The summed E-state index contributed by atoms with van der Waals surface area (Å²) >= 11 is 0. The van der Waals surface area contributed by atoms with Crippen LogP contribution in [0.5, 0.6) is 5.75 Å². The van der Waals surface area contributed by atoms with Crippen LogP contribution in [-0.4, -0.2) is 40.5 Å². The molecule has 0 heterocycles. The fourth-order valence-corrected chi connectivity index (χ4v) is 8.96.